The summed E-state index contributed by atoms with van der Waals surface area (Å²) in [5, 5.41) is 25.6. The van der Waals surface area contributed by atoms with Crippen molar-refractivity contribution in [2.24, 2.45) is 44.8 Å². The van der Waals surface area contributed by atoms with Crippen LogP contribution in [-0.2, 0) is 0 Å². The fraction of sp³-hybridized carbons (Fsp3) is 0.810. The number of allylic oxidation sites excluding steroid dienone is 2. The number of hydrogen-bond acceptors (Lipinski definition) is 4. The Kier molecular flexibility index (Phi) is 4.01. The first-order valence-corrected chi connectivity index (χ1v) is 10.0. The van der Waals surface area contributed by atoms with Crippen LogP contribution < -0.4 is 0 Å². The third-order valence-electron chi connectivity index (χ3n) is 8.77. The monoisotopic (exact) mass is 344 g/mol. The summed E-state index contributed by atoms with van der Waals surface area (Å²) in [5.41, 5.74) is 3.92. The van der Waals surface area contributed by atoms with E-state index in [9.17, 15) is 10.4 Å². The van der Waals surface area contributed by atoms with E-state index in [1.54, 1.807) is 0 Å². The van der Waals surface area contributed by atoms with Gasteiger partial charge in [0.1, 0.15) is 0 Å². The van der Waals surface area contributed by atoms with Crippen molar-refractivity contribution in [2.75, 3.05) is 0 Å². The highest BCUT2D eigenvalue weighted by Gasteiger charge is 2.59. The van der Waals surface area contributed by atoms with Gasteiger partial charge < -0.3 is 10.4 Å². The predicted molar refractivity (Wildman–Crippen MR) is 99.3 cm³/mol. The molecule has 4 heteroatoms. The molecule has 0 saturated heterocycles. The van der Waals surface area contributed by atoms with E-state index >= 15 is 0 Å². The average molecular weight is 344 g/mol. The Hall–Kier alpha value is -1.32. The first-order chi connectivity index (χ1) is 11.9. The molecule has 138 valence electrons. The van der Waals surface area contributed by atoms with Gasteiger partial charge in [-0.15, -0.1) is 0 Å². The Balaban J connectivity index is 1.65. The van der Waals surface area contributed by atoms with E-state index in [2.05, 4.69) is 30.2 Å². The quantitative estimate of drug-likeness (QED) is 0.388. The SMILES string of the molecule is CC(=NO)[C@H]1CCC2[C@@H]3CCC4=CC(=NO)CC[C@]4(C)[C@H]3CC[C@@]21C. The van der Waals surface area contributed by atoms with Gasteiger partial charge in [-0.05, 0) is 93.0 Å². The van der Waals surface area contributed by atoms with Gasteiger partial charge in [-0.25, -0.2) is 0 Å². The zero-order valence-corrected chi connectivity index (χ0v) is 15.8. The standard InChI is InChI=1S/C21H32N2O2/c1-13(22-24)17-6-7-18-16-5-4-14-12-15(23-25)8-10-20(14,2)19(16)9-11-21(17,18)3/h12,16-19,24-25H,4-11H2,1-3H3/t16-,17+,18?,19-,20-,21+/m0/s1. The van der Waals surface area contributed by atoms with Gasteiger partial charge >= 0.3 is 0 Å². The summed E-state index contributed by atoms with van der Waals surface area (Å²) < 4.78 is 0. The van der Waals surface area contributed by atoms with Crippen molar-refractivity contribution in [1.82, 2.24) is 0 Å². The first kappa shape index (κ1) is 17.1. The first-order valence-electron chi connectivity index (χ1n) is 10.0. The number of fused-ring (bicyclic) bond motifs is 5. The Morgan fingerprint density at radius 1 is 1.04 bits per heavy atom. The fourth-order valence-electron chi connectivity index (χ4n) is 7.41. The van der Waals surface area contributed by atoms with Gasteiger partial charge in [0.25, 0.3) is 0 Å². The molecule has 0 aromatic heterocycles. The van der Waals surface area contributed by atoms with Gasteiger partial charge in [-0.1, -0.05) is 29.7 Å². The van der Waals surface area contributed by atoms with Crippen LogP contribution in [0.4, 0.5) is 0 Å². The average Bonchev–Trinajstić information content (AvgIpc) is 2.97. The van der Waals surface area contributed by atoms with Gasteiger partial charge in [0.05, 0.1) is 11.4 Å². The molecule has 0 bridgehead atoms. The summed E-state index contributed by atoms with van der Waals surface area (Å²) in [5.74, 6) is 2.77. The molecule has 0 spiro atoms. The molecule has 25 heavy (non-hydrogen) atoms. The van der Waals surface area contributed by atoms with Crippen molar-refractivity contribution >= 4 is 11.4 Å². The van der Waals surface area contributed by atoms with Crippen LogP contribution in [0.15, 0.2) is 22.0 Å². The molecule has 0 aromatic rings. The zero-order chi connectivity index (χ0) is 17.8. The summed E-state index contributed by atoms with van der Waals surface area (Å²) in [6, 6.07) is 0. The number of oxime groups is 2. The van der Waals surface area contributed by atoms with E-state index in [4.69, 9.17) is 0 Å². The predicted octanol–water partition coefficient (Wildman–Crippen LogP) is 5.25. The van der Waals surface area contributed by atoms with E-state index < -0.39 is 0 Å². The smallest absolute Gasteiger partial charge is 0.0795 e. The second kappa shape index (κ2) is 5.85. The number of hydrogen-bond donors (Lipinski definition) is 2. The Morgan fingerprint density at radius 2 is 1.84 bits per heavy atom. The third kappa shape index (κ3) is 2.32. The van der Waals surface area contributed by atoms with Crippen molar-refractivity contribution < 1.29 is 10.4 Å². The highest BCUT2D eigenvalue weighted by atomic mass is 16.4. The molecule has 3 fully saturated rings. The molecule has 6 atom stereocenters. The third-order valence-corrected chi connectivity index (χ3v) is 8.77. The molecule has 4 aliphatic rings. The number of nitrogens with zero attached hydrogens (tertiary/aromatic N) is 2. The lowest BCUT2D eigenvalue weighted by Gasteiger charge is -2.58. The Bertz CT molecular complexity index is 652. The van der Waals surface area contributed by atoms with Crippen LogP contribution in [0.5, 0.6) is 0 Å². The minimum atomic E-state index is 0.288. The van der Waals surface area contributed by atoms with Crippen LogP contribution in [0.3, 0.4) is 0 Å². The molecular weight excluding hydrogens is 312 g/mol. The second-order valence-corrected chi connectivity index (χ2v) is 9.51. The van der Waals surface area contributed by atoms with Crippen LogP contribution >= 0.6 is 0 Å². The molecule has 0 heterocycles. The molecule has 2 N–H and O–H groups in total. The van der Waals surface area contributed by atoms with Gasteiger partial charge in [0.2, 0.25) is 0 Å². The van der Waals surface area contributed by atoms with Crippen LogP contribution in [-0.4, -0.2) is 21.8 Å². The van der Waals surface area contributed by atoms with Crippen LogP contribution in [0.1, 0.15) is 72.1 Å². The fourth-order valence-corrected chi connectivity index (χ4v) is 7.41. The van der Waals surface area contributed by atoms with E-state index in [1.807, 2.05) is 6.92 Å². The Labute approximate surface area is 151 Å². The lowest BCUT2D eigenvalue weighted by atomic mass is 9.46. The van der Waals surface area contributed by atoms with Gasteiger partial charge in [-0.2, -0.15) is 0 Å². The molecule has 4 aliphatic carbocycles. The normalized spacial score (nSPS) is 48.5. The topological polar surface area (TPSA) is 65.2 Å². The summed E-state index contributed by atoms with van der Waals surface area (Å²) in [6.45, 7) is 6.94. The molecule has 3 saturated carbocycles. The molecule has 1 unspecified atom stereocenters. The maximum absolute atomic E-state index is 9.32. The summed E-state index contributed by atoms with van der Waals surface area (Å²) in [4.78, 5) is 0. The minimum Gasteiger partial charge on any atom is -0.411 e. The van der Waals surface area contributed by atoms with Crippen molar-refractivity contribution in [3.8, 4) is 0 Å². The van der Waals surface area contributed by atoms with Crippen LogP contribution in [0, 0.1) is 34.5 Å². The highest BCUT2D eigenvalue weighted by molar-refractivity contribution is 5.96. The summed E-state index contributed by atoms with van der Waals surface area (Å²) in [6.07, 6.45) is 11.6. The van der Waals surface area contributed by atoms with Gasteiger partial charge in [-0.3, -0.25) is 0 Å². The summed E-state index contributed by atoms with van der Waals surface area (Å²) in [7, 11) is 0. The largest absolute Gasteiger partial charge is 0.411 e. The molecule has 4 nitrogen and oxygen atoms in total. The molecule has 0 aromatic carbocycles. The lowest BCUT2D eigenvalue weighted by molar-refractivity contribution is -0.0410. The van der Waals surface area contributed by atoms with Crippen molar-refractivity contribution in [1.29, 1.82) is 0 Å². The zero-order valence-electron chi connectivity index (χ0n) is 15.8. The van der Waals surface area contributed by atoms with E-state index in [0.29, 0.717) is 11.3 Å². The van der Waals surface area contributed by atoms with E-state index in [0.717, 1.165) is 48.4 Å². The molecular formula is C21H32N2O2. The van der Waals surface area contributed by atoms with Crippen molar-refractivity contribution in [2.45, 2.75) is 72.1 Å². The van der Waals surface area contributed by atoms with Gasteiger partial charge in [0, 0.05) is 5.92 Å². The van der Waals surface area contributed by atoms with Crippen molar-refractivity contribution in [3.05, 3.63) is 11.6 Å². The lowest BCUT2D eigenvalue weighted by Crippen LogP contribution is -2.51. The molecule has 0 radical (unpaired) electrons. The highest BCUT2D eigenvalue weighted by Crippen LogP contribution is 2.66. The molecule has 0 amide bonds. The minimum absolute atomic E-state index is 0.288. The second-order valence-electron chi connectivity index (χ2n) is 9.51. The maximum atomic E-state index is 9.32. The molecule has 4 rings (SSSR count). The summed E-state index contributed by atoms with van der Waals surface area (Å²) >= 11 is 0. The van der Waals surface area contributed by atoms with Gasteiger partial charge in [0.15, 0.2) is 0 Å². The van der Waals surface area contributed by atoms with Crippen LogP contribution in [0.25, 0.3) is 0 Å². The van der Waals surface area contributed by atoms with Crippen LogP contribution in [0.2, 0.25) is 0 Å². The maximum Gasteiger partial charge on any atom is 0.0795 e. The number of rotatable bonds is 1. The Morgan fingerprint density at radius 3 is 2.56 bits per heavy atom. The van der Waals surface area contributed by atoms with E-state index in [-0.39, 0.29) is 5.41 Å². The van der Waals surface area contributed by atoms with Crippen molar-refractivity contribution in [3.63, 3.8) is 0 Å². The van der Waals surface area contributed by atoms with E-state index in [1.165, 1.54) is 37.7 Å². The molecule has 0 aliphatic heterocycles.